The number of nitriles is 2. The predicted octanol–water partition coefficient (Wildman–Crippen LogP) is 2.13. The summed E-state index contributed by atoms with van der Waals surface area (Å²) >= 11 is 4.57. The molecular formula is C18H16BrN3O2S. The Morgan fingerprint density at radius 3 is 2.80 bits per heavy atom. The molecule has 0 spiro atoms. The molecule has 2 aromatic rings. The SMILES string of the molecule is CCOCCCn1c(=C(C#N)C#N)s/c(=C/c2cccc(Br)c2)c1=O. The van der Waals surface area contributed by atoms with Crippen molar-refractivity contribution < 1.29 is 4.74 Å². The minimum absolute atomic E-state index is 0.0487. The van der Waals surface area contributed by atoms with Crippen molar-refractivity contribution >= 4 is 38.9 Å². The molecular weight excluding hydrogens is 402 g/mol. The van der Waals surface area contributed by atoms with Crippen LogP contribution in [0.3, 0.4) is 0 Å². The maximum Gasteiger partial charge on any atom is 0.269 e. The van der Waals surface area contributed by atoms with Gasteiger partial charge in [0, 0.05) is 24.2 Å². The Hall–Kier alpha value is -2.19. The summed E-state index contributed by atoms with van der Waals surface area (Å²) in [6, 6.07) is 11.3. The number of aromatic nitrogens is 1. The van der Waals surface area contributed by atoms with Gasteiger partial charge in [0.05, 0.1) is 4.53 Å². The van der Waals surface area contributed by atoms with Crippen LogP contribution in [0.5, 0.6) is 0 Å². The molecule has 7 heteroatoms. The number of benzene rings is 1. The van der Waals surface area contributed by atoms with Crippen molar-refractivity contribution in [3.8, 4) is 12.1 Å². The van der Waals surface area contributed by atoms with Gasteiger partial charge in [-0.3, -0.25) is 9.36 Å². The first kappa shape index (κ1) is 19.1. The maximum atomic E-state index is 12.7. The maximum absolute atomic E-state index is 12.7. The lowest BCUT2D eigenvalue weighted by Crippen LogP contribution is -2.32. The summed E-state index contributed by atoms with van der Waals surface area (Å²) in [4.78, 5) is 12.7. The van der Waals surface area contributed by atoms with Gasteiger partial charge in [-0.25, -0.2) is 0 Å². The van der Waals surface area contributed by atoms with Crippen LogP contribution in [0.2, 0.25) is 0 Å². The van der Waals surface area contributed by atoms with E-state index in [1.807, 2.05) is 43.3 Å². The summed E-state index contributed by atoms with van der Waals surface area (Å²) in [5, 5.41) is 18.4. The molecule has 0 saturated heterocycles. The summed E-state index contributed by atoms with van der Waals surface area (Å²) in [6.07, 6.45) is 2.41. The van der Waals surface area contributed by atoms with Crippen molar-refractivity contribution in [2.24, 2.45) is 0 Å². The Kier molecular flexibility index (Phi) is 7.15. The van der Waals surface area contributed by atoms with Gasteiger partial charge in [0.2, 0.25) is 0 Å². The van der Waals surface area contributed by atoms with E-state index in [1.165, 1.54) is 4.57 Å². The molecule has 0 aliphatic carbocycles. The van der Waals surface area contributed by atoms with Gasteiger partial charge in [0.15, 0.2) is 5.57 Å². The quantitative estimate of drug-likeness (QED) is 0.674. The largest absolute Gasteiger partial charge is 0.382 e. The van der Waals surface area contributed by atoms with Gasteiger partial charge in [-0.1, -0.05) is 28.1 Å². The predicted molar refractivity (Wildman–Crippen MR) is 101 cm³/mol. The third-order valence-electron chi connectivity index (χ3n) is 3.37. The van der Waals surface area contributed by atoms with Crippen LogP contribution in [0.1, 0.15) is 18.9 Å². The molecule has 1 aromatic carbocycles. The Morgan fingerprint density at radius 2 is 2.16 bits per heavy atom. The lowest BCUT2D eigenvalue weighted by atomic mass is 10.2. The third-order valence-corrected chi connectivity index (χ3v) is 4.99. The third kappa shape index (κ3) is 4.90. The lowest BCUT2D eigenvalue weighted by molar-refractivity contribution is 0.141. The molecule has 0 atom stereocenters. The molecule has 5 nitrogen and oxygen atoms in total. The molecule has 25 heavy (non-hydrogen) atoms. The highest BCUT2D eigenvalue weighted by atomic mass is 79.9. The van der Waals surface area contributed by atoms with Crippen LogP contribution in [0.4, 0.5) is 0 Å². The van der Waals surface area contributed by atoms with E-state index >= 15 is 0 Å². The van der Waals surface area contributed by atoms with Crippen molar-refractivity contribution in [3.05, 3.63) is 53.9 Å². The first-order valence-corrected chi connectivity index (χ1v) is 9.30. The highest BCUT2D eigenvalue weighted by Crippen LogP contribution is 2.11. The zero-order valence-corrected chi connectivity index (χ0v) is 16.1. The second kappa shape index (κ2) is 9.33. The smallest absolute Gasteiger partial charge is 0.269 e. The molecule has 1 aromatic heterocycles. The molecule has 0 unspecified atom stereocenters. The normalized spacial score (nSPS) is 11.1. The van der Waals surface area contributed by atoms with Gasteiger partial charge >= 0.3 is 0 Å². The molecule has 0 saturated carbocycles. The molecule has 2 rings (SSSR count). The monoisotopic (exact) mass is 417 g/mol. The van der Waals surface area contributed by atoms with Crippen molar-refractivity contribution in [2.45, 2.75) is 19.9 Å². The van der Waals surface area contributed by atoms with Crippen LogP contribution in [0, 0.1) is 22.7 Å². The van der Waals surface area contributed by atoms with E-state index in [0.717, 1.165) is 21.4 Å². The van der Waals surface area contributed by atoms with Crippen molar-refractivity contribution in [2.75, 3.05) is 13.2 Å². The summed E-state index contributed by atoms with van der Waals surface area (Å²) in [5.41, 5.74) is 0.628. The summed E-state index contributed by atoms with van der Waals surface area (Å²) < 4.78 is 8.60. The second-order valence-electron chi connectivity index (χ2n) is 5.08. The van der Waals surface area contributed by atoms with Crippen LogP contribution in [0.15, 0.2) is 33.5 Å². The molecule has 1 heterocycles. The summed E-state index contributed by atoms with van der Waals surface area (Å²) in [5.74, 6) is 0. The summed E-state index contributed by atoms with van der Waals surface area (Å²) in [7, 11) is 0. The Labute approximate surface area is 157 Å². The number of hydrogen-bond acceptors (Lipinski definition) is 5. The zero-order chi connectivity index (χ0) is 18.2. The van der Waals surface area contributed by atoms with E-state index in [9.17, 15) is 15.3 Å². The van der Waals surface area contributed by atoms with Crippen LogP contribution in [-0.4, -0.2) is 17.8 Å². The van der Waals surface area contributed by atoms with Crippen LogP contribution in [-0.2, 0) is 11.3 Å². The van der Waals surface area contributed by atoms with Gasteiger partial charge in [0.1, 0.15) is 16.8 Å². The van der Waals surface area contributed by atoms with E-state index in [-0.39, 0.29) is 11.1 Å². The van der Waals surface area contributed by atoms with Crippen LogP contribution in [0.25, 0.3) is 11.6 Å². The van der Waals surface area contributed by atoms with E-state index < -0.39 is 0 Å². The molecule has 0 amide bonds. The standard InChI is InChI=1S/C18H16BrN3O2S/c1-2-24-8-4-7-22-17(23)16(25-18(22)14(11-20)12-21)10-13-5-3-6-15(19)9-13/h3,5-6,9-10H,2,4,7-8H2,1H3/b16-10+. The van der Waals surface area contributed by atoms with Crippen molar-refractivity contribution in [1.82, 2.24) is 4.57 Å². The molecule has 0 aliphatic rings. The van der Waals surface area contributed by atoms with E-state index in [0.29, 0.717) is 35.4 Å². The van der Waals surface area contributed by atoms with Crippen LogP contribution >= 0.6 is 27.3 Å². The van der Waals surface area contributed by atoms with E-state index in [2.05, 4.69) is 15.9 Å². The highest BCUT2D eigenvalue weighted by molar-refractivity contribution is 9.10. The number of hydrogen-bond donors (Lipinski definition) is 0. The number of nitrogens with zero attached hydrogens (tertiary/aromatic N) is 3. The molecule has 128 valence electrons. The Balaban J connectivity index is 2.58. The second-order valence-corrected chi connectivity index (χ2v) is 7.02. The molecule has 0 bridgehead atoms. The van der Waals surface area contributed by atoms with Crippen molar-refractivity contribution in [3.63, 3.8) is 0 Å². The van der Waals surface area contributed by atoms with Crippen molar-refractivity contribution in [1.29, 1.82) is 10.5 Å². The number of rotatable bonds is 6. The first-order valence-electron chi connectivity index (χ1n) is 7.70. The molecule has 0 fully saturated rings. The van der Waals surface area contributed by atoms with Gasteiger partial charge in [0.25, 0.3) is 5.56 Å². The van der Waals surface area contributed by atoms with Gasteiger partial charge in [-0.15, -0.1) is 11.3 Å². The summed E-state index contributed by atoms with van der Waals surface area (Å²) in [6.45, 7) is 3.45. The Bertz CT molecular complexity index is 993. The first-order chi connectivity index (χ1) is 12.1. The molecule has 0 radical (unpaired) electrons. The van der Waals surface area contributed by atoms with Crippen LogP contribution < -0.4 is 14.8 Å². The van der Waals surface area contributed by atoms with Gasteiger partial charge in [-0.2, -0.15) is 10.5 Å². The minimum Gasteiger partial charge on any atom is -0.382 e. The Morgan fingerprint density at radius 1 is 1.40 bits per heavy atom. The number of thiazole rings is 1. The fourth-order valence-corrected chi connectivity index (χ4v) is 3.74. The molecule has 0 N–H and O–H groups in total. The zero-order valence-electron chi connectivity index (χ0n) is 13.7. The number of halogens is 1. The fourth-order valence-electron chi connectivity index (χ4n) is 2.25. The van der Waals surface area contributed by atoms with E-state index in [4.69, 9.17) is 4.74 Å². The minimum atomic E-state index is -0.195. The number of ether oxygens (including phenoxy) is 1. The molecule has 0 aliphatic heterocycles. The van der Waals surface area contributed by atoms with E-state index in [1.54, 1.807) is 6.08 Å². The fraction of sp³-hybridized carbons (Fsp3) is 0.278. The highest BCUT2D eigenvalue weighted by Gasteiger charge is 2.09. The van der Waals surface area contributed by atoms with Gasteiger partial charge in [-0.05, 0) is 37.1 Å². The topological polar surface area (TPSA) is 78.8 Å². The average Bonchev–Trinajstić information content (AvgIpc) is 2.89. The van der Waals surface area contributed by atoms with Gasteiger partial charge < -0.3 is 4.74 Å². The average molecular weight is 418 g/mol. The lowest BCUT2D eigenvalue weighted by Gasteiger charge is -2.02.